The largest absolute Gasteiger partial charge is 0.456 e. The fraction of sp³-hybridized carbons (Fsp3) is 0. The van der Waals surface area contributed by atoms with Gasteiger partial charge in [-0.2, -0.15) is 9.98 Å². The predicted molar refractivity (Wildman–Crippen MR) is 143 cm³/mol. The molecule has 8 nitrogen and oxygen atoms in total. The molecule has 166 valence electrons. The second kappa shape index (κ2) is 6.25. The number of para-hydroxylation sites is 1. The van der Waals surface area contributed by atoms with Crippen LogP contribution in [0.15, 0.2) is 101 Å². The minimum absolute atomic E-state index is 0.438. The molecule has 36 heavy (non-hydrogen) atoms. The highest BCUT2D eigenvalue weighted by Gasteiger charge is 2.35. The number of rotatable bonds is 1. The molecule has 4 heterocycles. The van der Waals surface area contributed by atoms with Gasteiger partial charge in [0.15, 0.2) is 5.84 Å². The molecule has 0 saturated heterocycles. The van der Waals surface area contributed by atoms with Crippen molar-refractivity contribution in [2.24, 2.45) is 30.0 Å². The van der Waals surface area contributed by atoms with Crippen LogP contribution in [0.5, 0.6) is 0 Å². The van der Waals surface area contributed by atoms with Crippen LogP contribution in [0.1, 0.15) is 5.56 Å². The minimum atomic E-state index is 0.438. The van der Waals surface area contributed by atoms with Gasteiger partial charge in [-0.25, -0.2) is 24.9 Å². The summed E-state index contributed by atoms with van der Waals surface area (Å²) in [6.07, 6.45) is 2.92. The van der Waals surface area contributed by atoms with E-state index in [1.54, 1.807) is 4.90 Å². The summed E-state index contributed by atoms with van der Waals surface area (Å²) in [5.74, 6) is 1.86. The number of furan rings is 1. The van der Waals surface area contributed by atoms with Crippen LogP contribution in [0.4, 0.5) is 0 Å². The smallest absolute Gasteiger partial charge is 0.243 e. The molecule has 0 bridgehead atoms. The van der Waals surface area contributed by atoms with E-state index in [0.717, 1.165) is 44.2 Å². The molecule has 1 aliphatic carbocycles. The number of amidine groups is 1. The predicted octanol–water partition coefficient (Wildman–Crippen LogP) is 5.60. The van der Waals surface area contributed by atoms with Gasteiger partial charge in [0.25, 0.3) is 0 Å². The van der Waals surface area contributed by atoms with E-state index in [0.29, 0.717) is 23.7 Å². The van der Waals surface area contributed by atoms with E-state index >= 15 is 0 Å². The first-order valence-electron chi connectivity index (χ1n) is 11.5. The summed E-state index contributed by atoms with van der Waals surface area (Å²) < 4.78 is 6.38. The zero-order valence-electron chi connectivity index (χ0n) is 18.5. The average Bonchev–Trinajstić information content (AvgIpc) is 3.45. The number of aliphatic imine (C=N–C) groups is 6. The van der Waals surface area contributed by atoms with Crippen LogP contribution < -0.4 is 0 Å². The fourth-order valence-corrected chi connectivity index (χ4v) is 5.66. The molecule has 0 saturated carbocycles. The second-order valence-corrected chi connectivity index (χ2v) is 8.88. The SMILES string of the molecule is C1=NC2=NC=NC3=NC(c4c5c(cc6oc7ccccc7c46)-c4cccc6cccc-5c46)=NC(=N1)N23. The van der Waals surface area contributed by atoms with Crippen LogP contribution in [0, 0.1) is 0 Å². The van der Waals surface area contributed by atoms with Gasteiger partial charge in [-0.15, -0.1) is 0 Å². The molecule has 8 heteroatoms. The standard InChI is InChI=1S/C28H13N7O/c1-2-10-19-16(7-1)23-20(36-19)11-18-15-8-3-5-14-6-4-9-17(21(14)15)22(18)24(23)25-33-27-31-12-29-26-30-13-32-28(34-25)35(26)27/h1-13H. The molecule has 1 aromatic heterocycles. The van der Waals surface area contributed by atoms with Crippen molar-refractivity contribution in [1.29, 1.82) is 0 Å². The average molecular weight is 463 g/mol. The van der Waals surface area contributed by atoms with Crippen LogP contribution in [-0.2, 0) is 0 Å². The van der Waals surface area contributed by atoms with E-state index < -0.39 is 0 Å². The Morgan fingerprint density at radius 2 is 1.42 bits per heavy atom. The number of hydrogen-bond acceptors (Lipinski definition) is 8. The summed E-state index contributed by atoms with van der Waals surface area (Å²) in [5.41, 5.74) is 7.06. The van der Waals surface area contributed by atoms with E-state index in [1.807, 2.05) is 18.2 Å². The first-order chi connectivity index (χ1) is 17.8. The van der Waals surface area contributed by atoms with Gasteiger partial charge in [-0.3, -0.25) is 0 Å². The molecule has 9 rings (SSSR count). The molecule has 0 fully saturated rings. The first-order valence-corrected chi connectivity index (χ1v) is 11.5. The third-order valence-corrected chi connectivity index (χ3v) is 7.06. The van der Waals surface area contributed by atoms with Gasteiger partial charge in [0.1, 0.15) is 23.8 Å². The van der Waals surface area contributed by atoms with Crippen LogP contribution in [0.2, 0.25) is 0 Å². The third kappa shape index (κ3) is 2.14. The lowest BCUT2D eigenvalue weighted by Crippen LogP contribution is -2.46. The number of fused-ring (bicyclic) bond motifs is 6. The van der Waals surface area contributed by atoms with Crippen LogP contribution >= 0.6 is 0 Å². The lowest BCUT2D eigenvalue weighted by molar-refractivity contribution is 0.669. The Kier molecular flexibility index (Phi) is 3.15. The van der Waals surface area contributed by atoms with E-state index in [2.05, 4.69) is 68.5 Å². The number of benzene rings is 4. The van der Waals surface area contributed by atoms with Crippen molar-refractivity contribution in [3.05, 3.63) is 72.3 Å². The maximum atomic E-state index is 6.38. The van der Waals surface area contributed by atoms with Gasteiger partial charge in [0, 0.05) is 21.9 Å². The number of hydrogen-bond donors (Lipinski definition) is 0. The van der Waals surface area contributed by atoms with Gasteiger partial charge >= 0.3 is 0 Å². The molecular formula is C28H13N7O. The molecule has 3 aliphatic heterocycles. The van der Waals surface area contributed by atoms with Crippen molar-refractivity contribution < 1.29 is 4.42 Å². The molecule has 0 unspecified atom stereocenters. The third-order valence-electron chi connectivity index (χ3n) is 7.06. The van der Waals surface area contributed by atoms with E-state index in [9.17, 15) is 0 Å². The maximum absolute atomic E-state index is 6.38. The van der Waals surface area contributed by atoms with Gasteiger partial charge in [0.2, 0.25) is 17.9 Å². The monoisotopic (exact) mass is 463 g/mol. The van der Waals surface area contributed by atoms with Crippen LogP contribution in [0.3, 0.4) is 0 Å². The van der Waals surface area contributed by atoms with Gasteiger partial charge in [-0.1, -0.05) is 54.6 Å². The lowest BCUT2D eigenvalue weighted by Gasteiger charge is -2.28. The quantitative estimate of drug-likeness (QED) is 0.318. The molecule has 0 spiro atoms. The highest BCUT2D eigenvalue weighted by molar-refractivity contribution is 6.35. The van der Waals surface area contributed by atoms with Crippen molar-refractivity contribution in [3.63, 3.8) is 0 Å². The van der Waals surface area contributed by atoms with Gasteiger partial charge < -0.3 is 4.42 Å². The number of nitrogens with zero attached hydrogens (tertiary/aromatic N) is 7. The van der Waals surface area contributed by atoms with Crippen molar-refractivity contribution in [2.45, 2.75) is 0 Å². The molecule has 4 aromatic carbocycles. The normalized spacial score (nSPS) is 16.7. The van der Waals surface area contributed by atoms with Gasteiger partial charge in [0.05, 0.1) is 0 Å². The highest BCUT2D eigenvalue weighted by atomic mass is 16.3. The van der Waals surface area contributed by atoms with E-state index in [4.69, 9.17) is 14.4 Å². The Morgan fingerprint density at radius 1 is 0.611 bits per heavy atom. The molecule has 0 atom stereocenters. The van der Waals surface area contributed by atoms with Gasteiger partial charge in [-0.05, 0) is 39.6 Å². The summed E-state index contributed by atoms with van der Waals surface area (Å²) in [6, 6.07) is 23.1. The van der Waals surface area contributed by atoms with Crippen molar-refractivity contribution in [3.8, 4) is 22.3 Å². The number of guanidine groups is 3. The van der Waals surface area contributed by atoms with Crippen LogP contribution in [-0.4, -0.2) is 41.3 Å². The molecule has 0 amide bonds. The lowest BCUT2D eigenvalue weighted by atomic mass is 9.93. The van der Waals surface area contributed by atoms with Crippen molar-refractivity contribution >= 4 is 69.1 Å². The van der Waals surface area contributed by atoms with Crippen LogP contribution in [0.25, 0.3) is 55.0 Å². The molecule has 4 aliphatic rings. The highest BCUT2D eigenvalue weighted by Crippen LogP contribution is 2.52. The minimum Gasteiger partial charge on any atom is -0.456 e. The summed E-state index contributed by atoms with van der Waals surface area (Å²) in [5, 5.41) is 4.42. The summed E-state index contributed by atoms with van der Waals surface area (Å²) in [6.45, 7) is 0. The second-order valence-electron chi connectivity index (χ2n) is 8.88. The summed E-state index contributed by atoms with van der Waals surface area (Å²) >= 11 is 0. The van der Waals surface area contributed by atoms with E-state index in [1.165, 1.54) is 29.0 Å². The Morgan fingerprint density at radius 3 is 2.33 bits per heavy atom. The van der Waals surface area contributed by atoms with E-state index in [-0.39, 0.29) is 0 Å². The molecular weight excluding hydrogens is 450 g/mol. The molecule has 5 aromatic rings. The summed E-state index contributed by atoms with van der Waals surface area (Å²) in [4.78, 5) is 28.8. The summed E-state index contributed by atoms with van der Waals surface area (Å²) in [7, 11) is 0. The Balaban J connectivity index is 1.46. The van der Waals surface area contributed by atoms with Crippen molar-refractivity contribution in [2.75, 3.05) is 0 Å². The first kappa shape index (κ1) is 18.1. The fourth-order valence-electron chi connectivity index (χ4n) is 5.66. The molecule has 0 radical (unpaired) electrons. The Bertz CT molecular complexity index is 2050. The van der Waals surface area contributed by atoms with Crippen molar-refractivity contribution in [1.82, 2.24) is 4.90 Å². The topological polar surface area (TPSA) is 90.5 Å². The Hall–Kier alpha value is -5.24. The molecule has 0 N–H and O–H groups in total. The maximum Gasteiger partial charge on any atom is 0.243 e. The Labute approximate surface area is 203 Å². The zero-order chi connectivity index (χ0) is 23.4. The zero-order valence-corrected chi connectivity index (χ0v) is 18.5.